The Labute approximate surface area is 189 Å². The van der Waals surface area contributed by atoms with Gasteiger partial charge in [0.1, 0.15) is 11.4 Å². The highest BCUT2D eigenvalue weighted by Gasteiger charge is 2.49. The number of carbonyl (C=O) groups excluding carboxylic acids is 2. The first kappa shape index (κ1) is 22.7. The lowest BCUT2D eigenvalue weighted by Crippen LogP contribution is -2.48. The minimum atomic E-state index is -0.483. The molecule has 2 aliphatic heterocycles. The molecular weight excluding hydrogens is 386 g/mol. The minimum absolute atomic E-state index is 0.229. The number of nitrogens with zero attached hydrogens (tertiary/aromatic N) is 2. The molecule has 0 unspecified atom stereocenters. The van der Waals surface area contributed by atoms with Gasteiger partial charge in [-0.15, -0.1) is 0 Å². The van der Waals surface area contributed by atoms with E-state index in [0.29, 0.717) is 17.7 Å². The van der Waals surface area contributed by atoms with Gasteiger partial charge in [0.05, 0.1) is 0 Å². The molecule has 31 heavy (non-hydrogen) atoms. The van der Waals surface area contributed by atoms with Gasteiger partial charge in [-0.3, -0.25) is 9.59 Å². The fourth-order valence-electron chi connectivity index (χ4n) is 6.72. The number of allylic oxidation sites excluding steroid dienone is 1. The predicted molar refractivity (Wildman–Crippen MR) is 124 cm³/mol. The summed E-state index contributed by atoms with van der Waals surface area (Å²) < 4.78 is 0. The number of rotatable bonds is 7. The number of carbonyl (C=O) groups is 2. The largest absolute Gasteiger partial charge is 0.358 e. The molecule has 174 valence electrons. The molecule has 2 saturated heterocycles. The molecule has 4 fully saturated rings. The topological polar surface area (TPSA) is 52.7 Å². The normalized spacial score (nSPS) is 31.7. The van der Waals surface area contributed by atoms with Crippen LogP contribution in [0.4, 0.5) is 0 Å². The third-order valence-corrected chi connectivity index (χ3v) is 8.63. The van der Waals surface area contributed by atoms with E-state index in [-0.39, 0.29) is 5.91 Å². The minimum Gasteiger partial charge on any atom is -0.358 e. The Balaban J connectivity index is 1.39. The molecule has 0 spiro atoms. The summed E-state index contributed by atoms with van der Waals surface area (Å²) in [6.45, 7) is 3.71. The zero-order valence-electron chi connectivity index (χ0n) is 19.8. The van der Waals surface area contributed by atoms with E-state index in [1.165, 1.54) is 57.8 Å². The van der Waals surface area contributed by atoms with Crippen LogP contribution in [0.3, 0.4) is 0 Å². The summed E-state index contributed by atoms with van der Waals surface area (Å²) in [5.74, 6) is 3.32. The second-order valence-electron chi connectivity index (χ2n) is 10.8. The van der Waals surface area contributed by atoms with Gasteiger partial charge in [0.2, 0.25) is 5.91 Å². The molecule has 4 rings (SSSR count). The second-order valence-corrected chi connectivity index (χ2v) is 10.8. The first-order chi connectivity index (χ1) is 15.0. The van der Waals surface area contributed by atoms with Crippen molar-refractivity contribution < 1.29 is 9.59 Å². The molecule has 5 heteroatoms. The van der Waals surface area contributed by atoms with Crippen molar-refractivity contribution in [1.29, 1.82) is 0 Å². The van der Waals surface area contributed by atoms with Crippen molar-refractivity contribution in [1.82, 2.24) is 15.1 Å². The number of hydrogen-bond acceptors (Lipinski definition) is 3. The number of nitrogens with one attached hydrogen (secondary N) is 1. The molecule has 2 atom stereocenters. The molecule has 0 bridgehead atoms. The van der Waals surface area contributed by atoms with E-state index in [1.54, 1.807) is 0 Å². The van der Waals surface area contributed by atoms with Gasteiger partial charge in [-0.2, -0.15) is 0 Å². The lowest BCUT2D eigenvalue weighted by Gasteiger charge is -2.32. The van der Waals surface area contributed by atoms with Crippen molar-refractivity contribution in [3.05, 3.63) is 11.9 Å². The Kier molecular flexibility index (Phi) is 7.28. The molecule has 2 saturated carbocycles. The van der Waals surface area contributed by atoms with Gasteiger partial charge in [-0.1, -0.05) is 44.9 Å². The van der Waals surface area contributed by atoms with Gasteiger partial charge < -0.3 is 15.1 Å². The summed E-state index contributed by atoms with van der Waals surface area (Å²) in [7, 11) is 1.90. The Morgan fingerprint density at radius 1 is 1.03 bits per heavy atom. The van der Waals surface area contributed by atoms with Gasteiger partial charge in [0.25, 0.3) is 5.91 Å². The fraction of sp³-hybridized carbons (Fsp3) is 0.846. The predicted octanol–water partition coefficient (Wildman–Crippen LogP) is 4.83. The van der Waals surface area contributed by atoms with E-state index in [1.807, 2.05) is 24.9 Å². The molecule has 5 nitrogen and oxygen atoms in total. The van der Waals surface area contributed by atoms with Gasteiger partial charge in [0.15, 0.2) is 0 Å². The highest BCUT2D eigenvalue weighted by molar-refractivity contribution is 5.90. The first-order valence-electron chi connectivity index (χ1n) is 13.0. The van der Waals surface area contributed by atoms with E-state index in [4.69, 9.17) is 0 Å². The molecular formula is C26H43N3O2. The zero-order chi connectivity index (χ0) is 21.8. The van der Waals surface area contributed by atoms with Crippen LogP contribution < -0.4 is 5.32 Å². The highest BCUT2D eigenvalue weighted by Crippen LogP contribution is 2.38. The van der Waals surface area contributed by atoms with Crippen LogP contribution in [0.5, 0.6) is 0 Å². The first-order valence-corrected chi connectivity index (χ1v) is 13.0. The summed E-state index contributed by atoms with van der Waals surface area (Å²) in [6.07, 6.45) is 18.5. The molecule has 0 aromatic rings. The van der Waals surface area contributed by atoms with Crippen molar-refractivity contribution in [2.75, 3.05) is 20.1 Å². The Morgan fingerprint density at radius 2 is 1.71 bits per heavy atom. The number of amides is 2. The molecule has 0 aromatic heterocycles. The Hall–Kier alpha value is -1.52. The number of likely N-dealkylation sites (tertiary alicyclic amines) is 1. The zero-order valence-corrected chi connectivity index (χ0v) is 19.8. The van der Waals surface area contributed by atoms with Gasteiger partial charge >= 0.3 is 0 Å². The maximum absolute atomic E-state index is 13.4. The Morgan fingerprint density at radius 3 is 2.39 bits per heavy atom. The standard InChI is InChI=1S/C26H43N3O2/c1-3-23-27-26(25(31)28(23)2,15-13-20-9-5-4-6-10-20)18-22-14-16-29(19-22)24(30)17-21-11-7-8-12-21/h3,20-22,27H,4-19H2,1-2H3/t22-,26+/m1/s1. The Bertz CT molecular complexity index is 678. The summed E-state index contributed by atoms with van der Waals surface area (Å²) in [5, 5.41) is 3.66. The maximum Gasteiger partial charge on any atom is 0.253 e. The average molecular weight is 430 g/mol. The van der Waals surface area contributed by atoms with Crippen LogP contribution in [0.25, 0.3) is 0 Å². The van der Waals surface area contributed by atoms with Crippen LogP contribution >= 0.6 is 0 Å². The van der Waals surface area contributed by atoms with E-state index in [9.17, 15) is 9.59 Å². The van der Waals surface area contributed by atoms with Gasteiger partial charge in [-0.25, -0.2) is 0 Å². The molecule has 2 heterocycles. The van der Waals surface area contributed by atoms with Gasteiger partial charge in [0, 0.05) is 26.6 Å². The smallest absolute Gasteiger partial charge is 0.253 e. The van der Waals surface area contributed by atoms with E-state index in [2.05, 4.69) is 10.2 Å². The second kappa shape index (κ2) is 9.95. The third kappa shape index (κ3) is 5.12. The van der Waals surface area contributed by atoms with Crippen LogP contribution in [0.2, 0.25) is 0 Å². The molecule has 2 amide bonds. The number of hydrogen-bond donors (Lipinski definition) is 1. The molecule has 1 N–H and O–H groups in total. The molecule has 0 aromatic carbocycles. The third-order valence-electron chi connectivity index (χ3n) is 8.63. The van der Waals surface area contributed by atoms with Crippen molar-refractivity contribution >= 4 is 11.8 Å². The summed E-state index contributed by atoms with van der Waals surface area (Å²) in [4.78, 5) is 30.2. The lowest BCUT2D eigenvalue weighted by atomic mass is 9.78. The van der Waals surface area contributed by atoms with Crippen LogP contribution in [0.15, 0.2) is 11.9 Å². The van der Waals surface area contributed by atoms with Crippen LogP contribution in [-0.4, -0.2) is 47.3 Å². The fourth-order valence-corrected chi connectivity index (χ4v) is 6.72. The molecule has 4 aliphatic rings. The summed E-state index contributed by atoms with van der Waals surface area (Å²) in [5.41, 5.74) is -0.483. The van der Waals surface area contributed by atoms with Crippen molar-refractivity contribution in [2.45, 2.75) is 102 Å². The van der Waals surface area contributed by atoms with E-state index >= 15 is 0 Å². The van der Waals surface area contributed by atoms with E-state index in [0.717, 1.165) is 56.9 Å². The van der Waals surface area contributed by atoms with Crippen molar-refractivity contribution in [2.24, 2.45) is 17.8 Å². The average Bonchev–Trinajstić information content (AvgIpc) is 3.51. The van der Waals surface area contributed by atoms with Crippen molar-refractivity contribution in [3.63, 3.8) is 0 Å². The van der Waals surface area contributed by atoms with Crippen LogP contribution in [0, 0.1) is 17.8 Å². The quantitative estimate of drug-likeness (QED) is 0.631. The van der Waals surface area contributed by atoms with Crippen molar-refractivity contribution in [3.8, 4) is 0 Å². The summed E-state index contributed by atoms with van der Waals surface area (Å²) in [6, 6.07) is 0. The molecule has 0 radical (unpaired) electrons. The highest BCUT2D eigenvalue weighted by atomic mass is 16.2. The SMILES string of the molecule is CC=C1N[C@@](CCC2CCCCC2)(C[C@H]2CCN(C(=O)CC3CCCC3)C2)C(=O)N1C. The molecule has 2 aliphatic carbocycles. The maximum atomic E-state index is 13.4. The monoisotopic (exact) mass is 429 g/mol. The van der Waals surface area contributed by atoms with Gasteiger partial charge in [-0.05, 0) is 69.3 Å². The van der Waals surface area contributed by atoms with Crippen LogP contribution in [-0.2, 0) is 9.59 Å². The lowest BCUT2D eigenvalue weighted by molar-refractivity contribution is -0.131. The summed E-state index contributed by atoms with van der Waals surface area (Å²) >= 11 is 0. The van der Waals surface area contributed by atoms with E-state index < -0.39 is 5.54 Å². The number of likely N-dealkylation sites (N-methyl/N-ethyl adjacent to an activating group) is 1. The van der Waals surface area contributed by atoms with Crippen LogP contribution in [0.1, 0.15) is 96.8 Å².